The fourth-order valence-electron chi connectivity index (χ4n) is 1.08. The highest BCUT2D eigenvalue weighted by Gasteiger charge is 2.20. The van der Waals surface area contributed by atoms with Crippen molar-refractivity contribution in [2.24, 2.45) is 0 Å². The summed E-state index contributed by atoms with van der Waals surface area (Å²) in [7, 11) is 0. The molecule has 3 nitrogen and oxygen atoms in total. The first kappa shape index (κ1) is 11.7. The number of aryl methyl sites for hydroxylation is 1. The Morgan fingerprint density at radius 1 is 1.29 bits per heavy atom. The molecule has 2 N–H and O–H groups in total. The lowest BCUT2D eigenvalue weighted by atomic mass is 9.95. The lowest BCUT2D eigenvalue weighted by Gasteiger charge is -2.18. The zero-order chi connectivity index (χ0) is 10.9. The maximum Gasteiger partial charge on any atom is 0.140 e. The van der Waals surface area contributed by atoms with Crippen molar-refractivity contribution in [3.8, 4) is 0 Å². The summed E-state index contributed by atoms with van der Waals surface area (Å²) in [4.78, 5) is 8.84. The second kappa shape index (κ2) is 4.00. The van der Waals surface area contributed by atoms with Crippen molar-refractivity contribution in [2.45, 2.75) is 39.5 Å². The Bertz CT molecular complexity index is 342. The third-order valence-electron chi connectivity index (χ3n) is 1.95. The highest BCUT2D eigenvalue weighted by molar-refractivity contribution is 14.1. The fraction of sp³-hybridized carbons (Fsp3) is 0.600. The van der Waals surface area contributed by atoms with Gasteiger partial charge < -0.3 is 5.73 Å². The Labute approximate surface area is 98.7 Å². The number of nitrogen functional groups attached to an aromatic ring is 1. The number of nitrogens with two attached hydrogens (primary N) is 1. The minimum absolute atomic E-state index is 0.0393. The van der Waals surface area contributed by atoms with Gasteiger partial charge in [-0.3, -0.25) is 0 Å². The summed E-state index contributed by atoms with van der Waals surface area (Å²) in [6.45, 7) is 8.35. The zero-order valence-electron chi connectivity index (χ0n) is 9.06. The van der Waals surface area contributed by atoms with Crippen LogP contribution in [0, 0.1) is 3.57 Å². The molecule has 0 aliphatic carbocycles. The summed E-state index contributed by atoms with van der Waals surface area (Å²) in [6.07, 6.45) is 0.897. The summed E-state index contributed by atoms with van der Waals surface area (Å²) in [5.74, 6) is 1.43. The fourth-order valence-corrected chi connectivity index (χ4v) is 1.71. The van der Waals surface area contributed by atoms with Crippen LogP contribution in [0.25, 0.3) is 0 Å². The average molecular weight is 305 g/mol. The van der Waals surface area contributed by atoms with Crippen LogP contribution in [0.15, 0.2) is 0 Å². The van der Waals surface area contributed by atoms with Crippen molar-refractivity contribution in [3.63, 3.8) is 0 Å². The topological polar surface area (TPSA) is 51.8 Å². The molecule has 0 aromatic carbocycles. The summed E-state index contributed by atoms with van der Waals surface area (Å²) in [5.41, 5.74) is 6.84. The molecule has 0 radical (unpaired) electrons. The number of anilines is 1. The van der Waals surface area contributed by atoms with E-state index in [1.165, 1.54) is 0 Å². The summed E-state index contributed by atoms with van der Waals surface area (Å²) < 4.78 is 0.984. The summed E-state index contributed by atoms with van der Waals surface area (Å²) in [5, 5.41) is 0. The molecule has 0 bridgehead atoms. The molecule has 0 aliphatic heterocycles. The maximum atomic E-state index is 5.84. The van der Waals surface area contributed by atoms with E-state index < -0.39 is 0 Å². The molecule has 0 aliphatic rings. The molecule has 1 aromatic heterocycles. The normalized spacial score (nSPS) is 11.8. The first-order chi connectivity index (χ1) is 6.36. The molecule has 0 atom stereocenters. The van der Waals surface area contributed by atoms with E-state index >= 15 is 0 Å². The van der Waals surface area contributed by atoms with Crippen LogP contribution in [0.2, 0.25) is 0 Å². The Morgan fingerprint density at radius 3 is 2.29 bits per heavy atom. The molecule has 0 saturated heterocycles. The van der Waals surface area contributed by atoms with Crippen molar-refractivity contribution >= 4 is 28.4 Å². The van der Waals surface area contributed by atoms with E-state index in [-0.39, 0.29) is 5.41 Å². The largest absolute Gasteiger partial charge is 0.383 e. The van der Waals surface area contributed by atoms with Gasteiger partial charge in [0.15, 0.2) is 0 Å². The highest BCUT2D eigenvalue weighted by Crippen LogP contribution is 2.23. The lowest BCUT2D eigenvalue weighted by Crippen LogP contribution is -2.19. The molecule has 4 heteroatoms. The molecule has 1 aromatic rings. The quantitative estimate of drug-likeness (QED) is 0.811. The standard InChI is InChI=1S/C10H16IN3/c1-5-6-7(11)8(12)14-9(13-6)10(2,3)4/h5H2,1-4H3,(H2,12,13,14). The molecule has 0 unspecified atom stereocenters. The summed E-state index contributed by atoms with van der Waals surface area (Å²) >= 11 is 2.20. The van der Waals surface area contributed by atoms with E-state index in [0.29, 0.717) is 5.82 Å². The van der Waals surface area contributed by atoms with Crippen molar-refractivity contribution in [1.82, 2.24) is 9.97 Å². The van der Waals surface area contributed by atoms with Gasteiger partial charge in [0.25, 0.3) is 0 Å². The SMILES string of the molecule is CCc1nc(C(C)(C)C)nc(N)c1I. The Balaban J connectivity index is 3.30. The van der Waals surface area contributed by atoms with E-state index in [9.17, 15) is 0 Å². The zero-order valence-corrected chi connectivity index (χ0v) is 11.2. The minimum Gasteiger partial charge on any atom is -0.383 e. The molecular weight excluding hydrogens is 289 g/mol. The Kier molecular flexibility index (Phi) is 3.34. The van der Waals surface area contributed by atoms with Crippen molar-refractivity contribution in [1.29, 1.82) is 0 Å². The van der Waals surface area contributed by atoms with Crippen molar-refractivity contribution < 1.29 is 0 Å². The molecule has 0 spiro atoms. The van der Waals surface area contributed by atoms with Crippen LogP contribution in [-0.2, 0) is 11.8 Å². The molecule has 14 heavy (non-hydrogen) atoms. The Morgan fingerprint density at radius 2 is 1.86 bits per heavy atom. The molecule has 0 amide bonds. The van der Waals surface area contributed by atoms with Crippen LogP contribution in [0.1, 0.15) is 39.2 Å². The van der Waals surface area contributed by atoms with Gasteiger partial charge in [0.1, 0.15) is 11.6 Å². The van der Waals surface area contributed by atoms with Gasteiger partial charge in [-0.1, -0.05) is 27.7 Å². The number of nitrogens with zero attached hydrogens (tertiary/aromatic N) is 2. The van der Waals surface area contributed by atoms with Crippen LogP contribution in [-0.4, -0.2) is 9.97 Å². The van der Waals surface area contributed by atoms with Crippen molar-refractivity contribution in [2.75, 3.05) is 5.73 Å². The van der Waals surface area contributed by atoms with E-state index in [1.54, 1.807) is 0 Å². The van der Waals surface area contributed by atoms with E-state index in [0.717, 1.165) is 21.5 Å². The smallest absolute Gasteiger partial charge is 0.140 e. The van der Waals surface area contributed by atoms with Gasteiger partial charge in [-0.15, -0.1) is 0 Å². The van der Waals surface area contributed by atoms with Crippen LogP contribution in [0.4, 0.5) is 5.82 Å². The molecule has 1 heterocycles. The van der Waals surface area contributed by atoms with Gasteiger partial charge in [-0.05, 0) is 29.0 Å². The van der Waals surface area contributed by atoms with Crippen LogP contribution >= 0.6 is 22.6 Å². The third kappa shape index (κ3) is 2.34. The number of hydrogen-bond donors (Lipinski definition) is 1. The molecule has 0 fully saturated rings. The third-order valence-corrected chi connectivity index (χ3v) is 3.13. The Hall–Kier alpha value is -0.390. The number of hydrogen-bond acceptors (Lipinski definition) is 3. The second-order valence-corrected chi connectivity index (χ2v) is 5.38. The predicted octanol–water partition coefficient (Wildman–Crippen LogP) is 2.52. The van der Waals surface area contributed by atoms with E-state index in [4.69, 9.17) is 5.73 Å². The average Bonchev–Trinajstić information content (AvgIpc) is 2.07. The number of aromatic nitrogens is 2. The van der Waals surface area contributed by atoms with Crippen molar-refractivity contribution in [3.05, 3.63) is 15.1 Å². The van der Waals surface area contributed by atoms with Gasteiger partial charge in [-0.2, -0.15) is 0 Å². The monoisotopic (exact) mass is 305 g/mol. The molecule has 1 rings (SSSR count). The predicted molar refractivity (Wildman–Crippen MR) is 67.2 cm³/mol. The van der Waals surface area contributed by atoms with Crippen LogP contribution < -0.4 is 5.73 Å². The van der Waals surface area contributed by atoms with E-state index in [2.05, 4.69) is 60.3 Å². The maximum absolute atomic E-state index is 5.84. The van der Waals surface area contributed by atoms with Crippen LogP contribution in [0.5, 0.6) is 0 Å². The molecule has 0 saturated carbocycles. The lowest BCUT2D eigenvalue weighted by molar-refractivity contribution is 0.542. The molecular formula is C10H16IN3. The number of halogens is 1. The second-order valence-electron chi connectivity index (χ2n) is 4.30. The van der Waals surface area contributed by atoms with Gasteiger partial charge >= 0.3 is 0 Å². The number of rotatable bonds is 1. The summed E-state index contributed by atoms with van der Waals surface area (Å²) in [6, 6.07) is 0. The minimum atomic E-state index is -0.0393. The first-order valence-electron chi connectivity index (χ1n) is 4.68. The van der Waals surface area contributed by atoms with Gasteiger partial charge in [0, 0.05) is 5.41 Å². The van der Waals surface area contributed by atoms with E-state index in [1.807, 2.05) is 0 Å². The molecule has 78 valence electrons. The van der Waals surface area contributed by atoms with Gasteiger partial charge in [0.05, 0.1) is 9.26 Å². The van der Waals surface area contributed by atoms with Gasteiger partial charge in [-0.25, -0.2) is 9.97 Å². The van der Waals surface area contributed by atoms with Crippen LogP contribution in [0.3, 0.4) is 0 Å². The van der Waals surface area contributed by atoms with Gasteiger partial charge in [0.2, 0.25) is 0 Å². The highest BCUT2D eigenvalue weighted by atomic mass is 127. The first-order valence-corrected chi connectivity index (χ1v) is 5.76.